The molecule has 0 saturated carbocycles. The molecule has 0 amide bonds. The summed E-state index contributed by atoms with van der Waals surface area (Å²) >= 11 is 0. The molecule has 1 aromatic carbocycles. The van der Waals surface area contributed by atoms with Gasteiger partial charge in [0.2, 0.25) is 0 Å². The first kappa shape index (κ1) is 17.2. The summed E-state index contributed by atoms with van der Waals surface area (Å²) in [6.45, 7) is 0. The molecule has 0 N–H and O–H groups in total. The van der Waals surface area contributed by atoms with E-state index in [9.17, 15) is 8.78 Å². The van der Waals surface area contributed by atoms with Gasteiger partial charge in [0.15, 0.2) is 0 Å². The second kappa shape index (κ2) is 6.91. The zero-order valence-electron chi connectivity index (χ0n) is 15.1. The lowest BCUT2D eigenvalue weighted by Crippen LogP contribution is -1.92. The lowest BCUT2D eigenvalue weighted by Gasteiger charge is -2.07. The van der Waals surface area contributed by atoms with Crippen LogP contribution in [-0.2, 0) is 0 Å². The van der Waals surface area contributed by atoms with Crippen molar-refractivity contribution in [1.29, 1.82) is 0 Å². The highest BCUT2D eigenvalue weighted by molar-refractivity contribution is 5.73. The fourth-order valence-corrected chi connectivity index (χ4v) is 3.34. The van der Waals surface area contributed by atoms with E-state index < -0.39 is 11.6 Å². The van der Waals surface area contributed by atoms with E-state index >= 15 is 0 Å². The van der Waals surface area contributed by atoms with E-state index in [1.165, 1.54) is 12.1 Å². The Labute approximate surface area is 165 Å². The van der Waals surface area contributed by atoms with Gasteiger partial charge in [-0.15, -0.1) is 0 Å². The quantitative estimate of drug-likeness (QED) is 0.418. The van der Waals surface area contributed by atoms with Crippen LogP contribution in [0.5, 0.6) is 0 Å². The van der Waals surface area contributed by atoms with Gasteiger partial charge in [0.05, 0.1) is 17.6 Å². The van der Waals surface area contributed by atoms with Gasteiger partial charge in [-0.25, -0.2) is 13.8 Å². The first-order chi connectivity index (χ1) is 14.2. The number of nitrogens with zero attached hydrogens (tertiary/aromatic N) is 4. The van der Waals surface area contributed by atoms with Gasteiger partial charge in [0, 0.05) is 47.5 Å². The van der Waals surface area contributed by atoms with Gasteiger partial charge in [-0.1, -0.05) is 6.07 Å². The third-order valence-corrected chi connectivity index (χ3v) is 4.77. The van der Waals surface area contributed by atoms with Crippen LogP contribution in [0.3, 0.4) is 0 Å². The van der Waals surface area contributed by atoms with Crippen LogP contribution in [0.4, 0.5) is 8.78 Å². The number of fused-ring (bicyclic) bond motifs is 1. The SMILES string of the molecule is Fc1ccc(-c2cc(-c3cnc4cc(-c5cccnc5)ccn34)ccn2)c(F)c1. The lowest BCUT2D eigenvalue weighted by atomic mass is 10.1. The van der Waals surface area contributed by atoms with Crippen LogP contribution in [0.2, 0.25) is 0 Å². The van der Waals surface area contributed by atoms with Crippen molar-refractivity contribution in [2.45, 2.75) is 0 Å². The van der Waals surface area contributed by atoms with Crippen LogP contribution in [0.15, 0.2) is 85.6 Å². The van der Waals surface area contributed by atoms with E-state index in [2.05, 4.69) is 15.0 Å². The molecular formula is C23H14F2N4. The van der Waals surface area contributed by atoms with E-state index in [0.29, 0.717) is 5.69 Å². The summed E-state index contributed by atoms with van der Waals surface area (Å²) in [4.78, 5) is 12.9. The minimum Gasteiger partial charge on any atom is -0.300 e. The monoisotopic (exact) mass is 384 g/mol. The number of aromatic nitrogens is 4. The molecule has 0 aliphatic rings. The highest BCUT2D eigenvalue weighted by atomic mass is 19.1. The predicted octanol–water partition coefficient (Wildman–Crippen LogP) is 5.40. The van der Waals surface area contributed by atoms with Gasteiger partial charge >= 0.3 is 0 Å². The largest absolute Gasteiger partial charge is 0.300 e. The van der Waals surface area contributed by atoms with Crippen LogP contribution in [0.1, 0.15) is 0 Å². The number of pyridine rings is 3. The van der Waals surface area contributed by atoms with Gasteiger partial charge in [-0.3, -0.25) is 14.4 Å². The van der Waals surface area contributed by atoms with Crippen LogP contribution < -0.4 is 0 Å². The maximum atomic E-state index is 14.2. The van der Waals surface area contributed by atoms with Crippen LogP contribution in [-0.4, -0.2) is 19.4 Å². The summed E-state index contributed by atoms with van der Waals surface area (Å²) in [6, 6.07) is 15.0. The van der Waals surface area contributed by atoms with E-state index in [4.69, 9.17) is 0 Å². The molecule has 0 spiro atoms. The van der Waals surface area contributed by atoms with Crippen molar-refractivity contribution in [3.05, 3.63) is 97.2 Å². The minimum absolute atomic E-state index is 0.251. The molecule has 0 aliphatic carbocycles. The Balaban J connectivity index is 1.58. The van der Waals surface area contributed by atoms with Crippen molar-refractivity contribution in [3.63, 3.8) is 0 Å². The number of benzene rings is 1. The van der Waals surface area contributed by atoms with Crippen LogP contribution >= 0.6 is 0 Å². The van der Waals surface area contributed by atoms with E-state index in [1.807, 2.05) is 47.1 Å². The molecule has 4 nitrogen and oxygen atoms in total. The predicted molar refractivity (Wildman–Crippen MR) is 107 cm³/mol. The molecule has 0 radical (unpaired) electrons. The Morgan fingerprint density at radius 1 is 0.759 bits per heavy atom. The number of rotatable bonds is 3. The number of imidazole rings is 1. The summed E-state index contributed by atoms with van der Waals surface area (Å²) in [6.07, 6.45) is 8.86. The molecular weight excluding hydrogens is 370 g/mol. The summed E-state index contributed by atoms with van der Waals surface area (Å²) < 4.78 is 29.3. The van der Waals surface area contributed by atoms with Crippen molar-refractivity contribution >= 4 is 5.65 Å². The van der Waals surface area contributed by atoms with Crippen molar-refractivity contribution in [3.8, 4) is 33.6 Å². The Morgan fingerprint density at radius 3 is 2.52 bits per heavy atom. The molecule has 6 heteroatoms. The Morgan fingerprint density at radius 2 is 1.69 bits per heavy atom. The van der Waals surface area contributed by atoms with E-state index in [0.717, 1.165) is 34.1 Å². The van der Waals surface area contributed by atoms with Gasteiger partial charge < -0.3 is 0 Å². The van der Waals surface area contributed by atoms with Crippen LogP contribution in [0, 0.1) is 11.6 Å². The molecule has 0 aliphatic heterocycles. The number of halogens is 2. The van der Waals surface area contributed by atoms with Crippen molar-refractivity contribution in [1.82, 2.24) is 19.4 Å². The molecule has 4 aromatic heterocycles. The first-order valence-corrected chi connectivity index (χ1v) is 8.98. The highest BCUT2D eigenvalue weighted by Crippen LogP contribution is 2.28. The van der Waals surface area contributed by atoms with E-state index in [1.54, 1.807) is 24.7 Å². The minimum atomic E-state index is -0.645. The standard InChI is InChI=1S/C23H14F2N4/c24-18-3-4-19(20(25)12-18)21-10-16(5-8-27-21)22-14-28-23-11-15(6-9-29(22)23)17-2-1-7-26-13-17/h1-14H. The van der Waals surface area contributed by atoms with Crippen molar-refractivity contribution in [2.24, 2.45) is 0 Å². The van der Waals surface area contributed by atoms with E-state index in [-0.39, 0.29) is 5.56 Å². The van der Waals surface area contributed by atoms with Crippen molar-refractivity contribution in [2.75, 3.05) is 0 Å². The highest BCUT2D eigenvalue weighted by Gasteiger charge is 2.12. The smallest absolute Gasteiger partial charge is 0.137 e. The molecule has 5 aromatic rings. The Kier molecular flexibility index (Phi) is 4.09. The van der Waals surface area contributed by atoms with Gasteiger partial charge in [-0.2, -0.15) is 0 Å². The second-order valence-corrected chi connectivity index (χ2v) is 6.58. The maximum Gasteiger partial charge on any atom is 0.137 e. The summed E-state index contributed by atoms with van der Waals surface area (Å²) in [5, 5.41) is 0. The van der Waals surface area contributed by atoms with Gasteiger partial charge in [-0.05, 0) is 48.0 Å². The molecule has 4 heterocycles. The fourth-order valence-electron chi connectivity index (χ4n) is 3.34. The molecule has 0 atom stereocenters. The molecule has 0 bridgehead atoms. The number of hydrogen-bond donors (Lipinski definition) is 0. The summed E-state index contributed by atoms with van der Waals surface area (Å²) in [7, 11) is 0. The van der Waals surface area contributed by atoms with Gasteiger partial charge in [0.25, 0.3) is 0 Å². The van der Waals surface area contributed by atoms with Gasteiger partial charge in [0.1, 0.15) is 17.3 Å². The Bertz CT molecular complexity index is 1330. The summed E-state index contributed by atoms with van der Waals surface area (Å²) in [5.74, 6) is -1.26. The molecule has 0 fully saturated rings. The second-order valence-electron chi connectivity index (χ2n) is 6.58. The third kappa shape index (κ3) is 3.14. The zero-order valence-corrected chi connectivity index (χ0v) is 15.1. The topological polar surface area (TPSA) is 43.1 Å². The molecule has 0 saturated heterocycles. The average molecular weight is 384 g/mol. The molecule has 5 rings (SSSR count). The molecule has 0 unspecified atom stereocenters. The van der Waals surface area contributed by atoms with Crippen LogP contribution in [0.25, 0.3) is 39.3 Å². The normalized spacial score (nSPS) is 11.1. The zero-order chi connectivity index (χ0) is 19.8. The molecule has 29 heavy (non-hydrogen) atoms. The lowest BCUT2D eigenvalue weighted by molar-refractivity contribution is 0.585. The fraction of sp³-hybridized carbons (Fsp3) is 0. The maximum absolute atomic E-state index is 14.2. The average Bonchev–Trinajstić information content (AvgIpc) is 3.18. The summed E-state index contributed by atoms with van der Waals surface area (Å²) in [5.41, 5.74) is 5.18. The third-order valence-electron chi connectivity index (χ3n) is 4.77. The molecule has 140 valence electrons. The van der Waals surface area contributed by atoms with Crippen molar-refractivity contribution < 1.29 is 8.78 Å². The first-order valence-electron chi connectivity index (χ1n) is 8.98. The number of hydrogen-bond acceptors (Lipinski definition) is 3. The Hall–Kier alpha value is -3.93.